The number of halogens is 1. The molecule has 22 heavy (non-hydrogen) atoms. The molecule has 120 valence electrons. The van der Waals surface area contributed by atoms with E-state index in [9.17, 15) is 0 Å². The molecule has 6 heteroatoms. The summed E-state index contributed by atoms with van der Waals surface area (Å²) < 4.78 is 1.80. The van der Waals surface area contributed by atoms with Gasteiger partial charge in [-0.3, -0.25) is 0 Å². The molecule has 0 radical (unpaired) electrons. The normalized spacial score (nSPS) is 21.9. The molecule has 2 atom stereocenters. The highest BCUT2D eigenvalue weighted by Gasteiger charge is 2.23. The van der Waals surface area contributed by atoms with E-state index < -0.39 is 0 Å². The summed E-state index contributed by atoms with van der Waals surface area (Å²) in [6, 6.07) is 2.82. The fourth-order valence-electron chi connectivity index (χ4n) is 3.33. The number of hydrogen-bond donors (Lipinski definition) is 2. The summed E-state index contributed by atoms with van der Waals surface area (Å²) in [5.74, 6) is 1.42. The van der Waals surface area contributed by atoms with Crippen LogP contribution in [0.15, 0.2) is 12.3 Å². The summed E-state index contributed by atoms with van der Waals surface area (Å²) >= 11 is 6.25. The Morgan fingerprint density at radius 2 is 2.18 bits per heavy atom. The van der Waals surface area contributed by atoms with Crippen molar-refractivity contribution in [1.29, 1.82) is 0 Å². The number of nitrogens with two attached hydrogens (primary N) is 1. The summed E-state index contributed by atoms with van der Waals surface area (Å²) in [5, 5.41) is 8.55. The third-order valence-electron chi connectivity index (χ3n) is 4.68. The number of hydrogen-bond acceptors (Lipinski definition) is 4. The van der Waals surface area contributed by atoms with E-state index in [4.69, 9.17) is 22.3 Å². The summed E-state index contributed by atoms with van der Waals surface area (Å²) in [6.07, 6.45) is 6.97. The molecule has 2 aromatic heterocycles. The van der Waals surface area contributed by atoms with Crippen molar-refractivity contribution in [3.63, 3.8) is 0 Å². The molecule has 1 saturated carbocycles. The van der Waals surface area contributed by atoms with Crippen molar-refractivity contribution >= 4 is 23.1 Å². The minimum Gasteiger partial charge on any atom is -0.367 e. The van der Waals surface area contributed by atoms with Crippen LogP contribution in [-0.4, -0.2) is 26.7 Å². The molecule has 0 amide bonds. The number of aromatic nitrogens is 3. The third-order valence-corrected chi connectivity index (χ3v) is 4.94. The molecule has 3 N–H and O–H groups in total. The molecule has 5 nitrogen and oxygen atoms in total. The van der Waals surface area contributed by atoms with Gasteiger partial charge in [-0.15, -0.1) is 0 Å². The first kappa shape index (κ1) is 15.6. The Bertz CT molecular complexity index is 649. The lowest BCUT2D eigenvalue weighted by Gasteiger charge is -2.18. The van der Waals surface area contributed by atoms with E-state index in [0.717, 1.165) is 49.3 Å². The van der Waals surface area contributed by atoms with Gasteiger partial charge >= 0.3 is 0 Å². The van der Waals surface area contributed by atoms with Crippen molar-refractivity contribution in [3.8, 4) is 0 Å². The Morgan fingerprint density at radius 1 is 1.41 bits per heavy atom. The minimum absolute atomic E-state index is 0.300. The molecule has 2 heterocycles. The lowest BCUT2D eigenvalue weighted by Crippen LogP contribution is -2.22. The van der Waals surface area contributed by atoms with Gasteiger partial charge in [0.1, 0.15) is 10.8 Å². The van der Waals surface area contributed by atoms with Crippen LogP contribution in [0.5, 0.6) is 0 Å². The Kier molecular flexibility index (Phi) is 4.54. The van der Waals surface area contributed by atoms with E-state index in [1.165, 1.54) is 0 Å². The van der Waals surface area contributed by atoms with Gasteiger partial charge < -0.3 is 11.1 Å². The van der Waals surface area contributed by atoms with Crippen molar-refractivity contribution in [2.24, 2.45) is 5.73 Å². The van der Waals surface area contributed by atoms with Crippen molar-refractivity contribution in [2.45, 2.75) is 64.0 Å². The number of nitrogens with zero attached hydrogens (tertiary/aromatic N) is 3. The molecule has 0 bridgehead atoms. The van der Waals surface area contributed by atoms with Crippen LogP contribution >= 0.6 is 11.6 Å². The minimum atomic E-state index is 0.300. The fourth-order valence-corrected chi connectivity index (χ4v) is 3.50. The predicted octanol–water partition coefficient (Wildman–Crippen LogP) is 3.58. The van der Waals surface area contributed by atoms with Crippen molar-refractivity contribution in [3.05, 3.63) is 23.0 Å². The summed E-state index contributed by atoms with van der Waals surface area (Å²) in [5.41, 5.74) is 7.84. The average molecular weight is 322 g/mol. The smallest absolute Gasteiger partial charge is 0.176 e. The van der Waals surface area contributed by atoms with E-state index in [1.54, 1.807) is 10.7 Å². The average Bonchev–Trinajstić information content (AvgIpc) is 3.07. The first-order chi connectivity index (χ1) is 10.6. The summed E-state index contributed by atoms with van der Waals surface area (Å²) in [4.78, 5) is 4.73. The molecule has 0 spiro atoms. The number of fused-ring (bicyclic) bond motifs is 1. The summed E-state index contributed by atoms with van der Waals surface area (Å²) in [6.45, 7) is 4.39. The molecule has 3 rings (SSSR count). The maximum atomic E-state index is 6.25. The van der Waals surface area contributed by atoms with E-state index in [-0.39, 0.29) is 0 Å². The number of anilines is 1. The van der Waals surface area contributed by atoms with Crippen LogP contribution in [-0.2, 0) is 0 Å². The van der Waals surface area contributed by atoms with Crippen molar-refractivity contribution in [2.75, 3.05) is 5.32 Å². The lowest BCUT2D eigenvalue weighted by molar-refractivity contribution is 0.621. The van der Waals surface area contributed by atoms with E-state index in [2.05, 4.69) is 30.3 Å². The van der Waals surface area contributed by atoms with Gasteiger partial charge in [-0.25, -0.2) is 4.98 Å². The Balaban J connectivity index is 1.99. The molecule has 0 aliphatic heterocycles. The van der Waals surface area contributed by atoms with Gasteiger partial charge in [-0.1, -0.05) is 25.4 Å². The summed E-state index contributed by atoms with van der Waals surface area (Å²) in [7, 11) is 0. The zero-order valence-corrected chi connectivity index (χ0v) is 14.0. The van der Waals surface area contributed by atoms with Gasteiger partial charge in [0, 0.05) is 29.8 Å². The van der Waals surface area contributed by atoms with Crippen LogP contribution in [0.4, 0.5) is 5.82 Å². The SMILES string of the molecule is CCC(CC)c1cc(N[C@H]2CC[C@H](N)C2)n2ncc(Cl)c2n1. The number of nitrogens with one attached hydrogen (secondary N) is 1. The van der Waals surface area contributed by atoms with Crippen LogP contribution in [0.3, 0.4) is 0 Å². The first-order valence-corrected chi connectivity index (χ1v) is 8.56. The van der Waals surface area contributed by atoms with Gasteiger partial charge in [0.2, 0.25) is 0 Å². The van der Waals surface area contributed by atoms with E-state index in [0.29, 0.717) is 23.0 Å². The molecule has 1 aliphatic rings. The molecule has 0 saturated heterocycles. The molecule has 2 aromatic rings. The van der Waals surface area contributed by atoms with Crippen LogP contribution in [0.1, 0.15) is 57.6 Å². The molecule has 1 fully saturated rings. The highest BCUT2D eigenvalue weighted by molar-refractivity contribution is 6.33. The lowest BCUT2D eigenvalue weighted by atomic mass is 9.99. The standard InChI is InChI=1S/C16H24ClN5/c1-3-10(4-2)14-8-15(20-12-6-5-11(18)7-12)22-16(21-14)13(17)9-19-22/h8-12,20H,3-7,18H2,1-2H3/t11-,12-/m0/s1. The molecule has 1 aliphatic carbocycles. The van der Waals surface area contributed by atoms with Gasteiger partial charge in [-0.2, -0.15) is 9.61 Å². The maximum Gasteiger partial charge on any atom is 0.176 e. The van der Waals surface area contributed by atoms with Gasteiger partial charge in [0.15, 0.2) is 5.65 Å². The molecular weight excluding hydrogens is 298 g/mol. The molecule has 0 unspecified atom stereocenters. The van der Waals surface area contributed by atoms with Crippen LogP contribution in [0, 0.1) is 0 Å². The maximum absolute atomic E-state index is 6.25. The number of rotatable bonds is 5. The van der Waals surface area contributed by atoms with E-state index in [1.807, 2.05) is 0 Å². The van der Waals surface area contributed by atoms with Gasteiger partial charge in [0.25, 0.3) is 0 Å². The fraction of sp³-hybridized carbons (Fsp3) is 0.625. The largest absolute Gasteiger partial charge is 0.367 e. The first-order valence-electron chi connectivity index (χ1n) is 8.18. The van der Waals surface area contributed by atoms with Crippen molar-refractivity contribution in [1.82, 2.24) is 14.6 Å². The Labute approximate surface area is 136 Å². The second-order valence-electron chi connectivity index (χ2n) is 6.22. The van der Waals surface area contributed by atoms with E-state index >= 15 is 0 Å². The zero-order chi connectivity index (χ0) is 15.7. The van der Waals surface area contributed by atoms with Crippen molar-refractivity contribution < 1.29 is 0 Å². The highest BCUT2D eigenvalue weighted by Crippen LogP contribution is 2.29. The zero-order valence-electron chi connectivity index (χ0n) is 13.2. The van der Waals surface area contributed by atoms with Gasteiger partial charge in [-0.05, 0) is 32.1 Å². The topological polar surface area (TPSA) is 68.2 Å². The van der Waals surface area contributed by atoms with Crippen LogP contribution in [0.25, 0.3) is 5.65 Å². The molecule has 0 aromatic carbocycles. The predicted molar refractivity (Wildman–Crippen MR) is 90.6 cm³/mol. The second kappa shape index (κ2) is 6.42. The Hall–Kier alpha value is -1.33. The quantitative estimate of drug-likeness (QED) is 0.883. The van der Waals surface area contributed by atoms with Gasteiger partial charge in [0.05, 0.1) is 6.20 Å². The Morgan fingerprint density at radius 3 is 2.82 bits per heavy atom. The second-order valence-corrected chi connectivity index (χ2v) is 6.63. The third kappa shape index (κ3) is 2.92. The highest BCUT2D eigenvalue weighted by atomic mass is 35.5. The monoisotopic (exact) mass is 321 g/mol. The van der Waals surface area contributed by atoms with Crippen LogP contribution in [0.2, 0.25) is 5.02 Å². The van der Waals surface area contributed by atoms with Crippen LogP contribution < -0.4 is 11.1 Å². The molecular formula is C16H24ClN5.